The molecule has 0 saturated heterocycles. The van der Waals surface area contributed by atoms with Crippen molar-refractivity contribution in [2.75, 3.05) is 6.61 Å². The molecule has 84 valence electrons. The largest absolute Gasteiger partial charge is 0.463 e. The highest BCUT2D eigenvalue weighted by molar-refractivity contribution is 5.85. The molecule has 1 atom stereocenters. The van der Waals surface area contributed by atoms with Gasteiger partial charge < -0.3 is 9.47 Å². The molecule has 0 heterocycles. The van der Waals surface area contributed by atoms with Gasteiger partial charge in [-0.25, -0.2) is 9.59 Å². The van der Waals surface area contributed by atoms with Crippen LogP contribution in [0.2, 0.25) is 0 Å². The Morgan fingerprint density at radius 2 is 2.00 bits per heavy atom. The molecule has 0 rings (SSSR count). The first-order valence-corrected chi connectivity index (χ1v) is 4.78. The van der Waals surface area contributed by atoms with E-state index in [1.807, 2.05) is 6.92 Å². The van der Waals surface area contributed by atoms with E-state index in [1.165, 1.54) is 13.0 Å². The lowest BCUT2D eigenvalue weighted by Crippen LogP contribution is -2.25. The van der Waals surface area contributed by atoms with E-state index in [9.17, 15) is 9.59 Å². The van der Waals surface area contributed by atoms with Crippen molar-refractivity contribution >= 4 is 11.9 Å². The lowest BCUT2D eigenvalue weighted by atomic mass is 10.4. The third kappa shape index (κ3) is 6.49. The Balaban J connectivity index is 4.01. The molecular formula is C11H16O4. The summed E-state index contributed by atoms with van der Waals surface area (Å²) >= 11 is 0. The van der Waals surface area contributed by atoms with Crippen LogP contribution in [0.15, 0.2) is 24.3 Å². The van der Waals surface area contributed by atoms with Crippen LogP contribution in [0.3, 0.4) is 0 Å². The van der Waals surface area contributed by atoms with E-state index in [1.54, 1.807) is 25.2 Å². The van der Waals surface area contributed by atoms with Gasteiger partial charge in [-0.05, 0) is 20.8 Å². The molecule has 0 aliphatic carbocycles. The molecule has 0 bridgehead atoms. The van der Waals surface area contributed by atoms with Crippen molar-refractivity contribution < 1.29 is 19.1 Å². The van der Waals surface area contributed by atoms with Crippen molar-refractivity contribution in [3.8, 4) is 0 Å². The quantitative estimate of drug-likeness (QED) is 0.394. The monoisotopic (exact) mass is 212 g/mol. The molecule has 0 aliphatic heterocycles. The Morgan fingerprint density at radius 3 is 2.53 bits per heavy atom. The highest BCUT2D eigenvalue weighted by Gasteiger charge is 2.16. The molecule has 0 fully saturated rings. The first-order valence-electron chi connectivity index (χ1n) is 4.78. The maximum absolute atomic E-state index is 11.1. The fourth-order valence-electron chi connectivity index (χ4n) is 0.766. The number of carbonyl (C=O) groups is 2. The van der Waals surface area contributed by atoms with Gasteiger partial charge in [-0.3, -0.25) is 0 Å². The van der Waals surface area contributed by atoms with Crippen LogP contribution in [0.5, 0.6) is 0 Å². The normalized spacial score (nSPS) is 13.0. The van der Waals surface area contributed by atoms with Crippen molar-refractivity contribution in [2.45, 2.75) is 26.9 Å². The number of hydrogen-bond donors (Lipinski definition) is 0. The minimum atomic E-state index is -0.868. The molecule has 4 heteroatoms. The summed E-state index contributed by atoms with van der Waals surface area (Å²) in [5.41, 5.74) is 0. The number of rotatable bonds is 5. The van der Waals surface area contributed by atoms with Crippen LogP contribution in [-0.2, 0) is 19.1 Å². The molecule has 0 spiro atoms. The molecule has 0 aromatic carbocycles. The first-order chi connectivity index (χ1) is 7.11. The average molecular weight is 212 g/mol. The van der Waals surface area contributed by atoms with Gasteiger partial charge in [0, 0.05) is 6.08 Å². The summed E-state index contributed by atoms with van der Waals surface area (Å²) in [5, 5.41) is 0. The maximum Gasteiger partial charge on any atom is 0.347 e. The molecule has 4 nitrogen and oxygen atoms in total. The number of allylic oxidation sites excluding steroid dienone is 3. The van der Waals surface area contributed by atoms with Gasteiger partial charge in [0.05, 0.1) is 6.61 Å². The molecule has 15 heavy (non-hydrogen) atoms. The minimum Gasteiger partial charge on any atom is -0.463 e. The van der Waals surface area contributed by atoms with Gasteiger partial charge in [-0.2, -0.15) is 0 Å². The predicted octanol–water partition coefficient (Wildman–Crippen LogP) is 1.61. The van der Waals surface area contributed by atoms with Crippen LogP contribution in [0, 0.1) is 0 Å². The van der Waals surface area contributed by atoms with Crippen molar-refractivity contribution in [1.29, 1.82) is 0 Å². The molecular weight excluding hydrogens is 196 g/mol. The zero-order valence-electron chi connectivity index (χ0n) is 9.23. The van der Waals surface area contributed by atoms with Crippen LogP contribution in [0.1, 0.15) is 20.8 Å². The molecule has 0 aliphatic rings. The summed E-state index contributed by atoms with van der Waals surface area (Å²) in [4.78, 5) is 22.2. The topological polar surface area (TPSA) is 52.6 Å². The van der Waals surface area contributed by atoms with E-state index in [0.717, 1.165) is 0 Å². The molecule has 0 N–H and O–H groups in total. The Kier molecular flexibility index (Phi) is 6.97. The number of carbonyl (C=O) groups excluding carboxylic acids is 2. The zero-order valence-corrected chi connectivity index (χ0v) is 9.23. The molecule has 0 radical (unpaired) electrons. The predicted molar refractivity (Wildman–Crippen MR) is 56.1 cm³/mol. The summed E-state index contributed by atoms with van der Waals surface area (Å²) in [6.07, 6.45) is 5.39. The summed E-state index contributed by atoms with van der Waals surface area (Å²) in [5.74, 6) is -1.10. The van der Waals surface area contributed by atoms with Gasteiger partial charge in [0.25, 0.3) is 0 Å². The Labute approximate surface area is 89.6 Å². The fourth-order valence-corrected chi connectivity index (χ4v) is 0.766. The number of esters is 2. The Morgan fingerprint density at radius 1 is 1.33 bits per heavy atom. The maximum atomic E-state index is 11.1. The van der Waals surface area contributed by atoms with Crippen molar-refractivity contribution in [3.05, 3.63) is 24.3 Å². The van der Waals surface area contributed by atoms with Crippen LogP contribution in [0.25, 0.3) is 0 Å². The van der Waals surface area contributed by atoms with Gasteiger partial charge in [0.2, 0.25) is 0 Å². The Hall–Kier alpha value is -1.58. The second-order valence-electron chi connectivity index (χ2n) is 2.72. The lowest BCUT2D eigenvalue weighted by Gasteiger charge is -2.09. The smallest absolute Gasteiger partial charge is 0.347 e. The van der Waals surface area contributed by atoms with Crippen LogP contribution >= 0.6 is 0 Å². The second-order valence-corrected chi connectivity index (χ2v) is 2.72. The summed E-state index contributed by atoms with van der Waals surface area (Å²) in [7, 11) is 0. The number of ether oxygens (including phenoxy) is 2. The van der Waals surface area contributed by atoms with E-state index >= 15 is 0 Å². The SMILES string of the molecule is C/C=C/C=C/C(=O)O[C@@H](C)C(=O)OCC. The van der Waals surface area contributed by atoms with Gasteiger partial charge in [-0.15, -0.1) is 0 Å². The molecule has 0 aromatic heterocycles. The Bertz CT molecular complexity index is 266. The standard InChI is InChI=1S/C11H16O4/c1-4-6-7-8-10(12)15-9(3)11(13)14-5-2/h4,6-9H,5H2,1-3H3/b6-4+,8-7+/t9-/m0/s1. The minimum absolute atomic E-state index is 0.273. The van der Waals surface area contributed by atoms with E-state index in [4.69, 9.17) is 4.74 Å². The molecule has 0 unspecified atom stereocenters. The van der Waals surface area contributed by atoms with Crippen LogP contribution in [-0.4, -0.2) is 24.6 Å². The van der Waals surface area contributed by atoms with Crippen molar-refractivity contribution in [3.63, 3.8) is 0 Å². The highest BCUT2D eigenvalue weighted by Crippen LogP contribution is 1.96. The second kappa shape index (κ2) is 7.79. The van der Waals surface area contributed by atoms with Gasteiger partial charge in [0.1, 0.15) is 0 Å². The van der Waals surface area contributed by atoms with Crippen molar-refractivity contribution in [2.24, 2.45) is 0 Å². The van der Waals surface area contributed by atoms with E-state index in [2.05, 4.69) is 4.74 Å². The fraction of sp³-hybridized carbons (Fsp3) is 0.455. The summed E-state index contributed by atoms with van der Waals surface area (Å²) < 4.78 is 9.45. The van der Waals surface area contributed by atoms with Crippen molar-refractivity contribution in [1.82, 2.24) is 0 Å². The zero-order chi connectivity index (χ0) is 11.7. The van der Waals surface area contributed by atoms with Gasteiger partial charge in [-0.1, -0.05) is 18.2 Å². The first kappa shape index (κ1) is 13.4. The third-order valence-electron chi connectivity index (χ3n) is 1.45. The van der Waals surface area contributed by atoms with Gasteiger partial charge >= 0.3 is 11.9 Å². The van der Waals surface area contributed by atoms with Crippen LogP contribution in [0.4, 0.5) is 0 Å². The van der Waals surface area contributed by atoms with Gasteiger partial charge in [0.15, 0.2) is 6.10 Å². The third-order valence-corrected chi connectivity index (χ3v) is 1.45. The summed E-state index contributed by atoms with van der Waals surface area (Å²) in [6, 6.07) is 0. The highest BCUT2D eigenvalue weighted by atomic mass is 16.6. The van der Waals surface area contributed by atoms with E-state index in [-0.39, 0.29) is 6.61 Å². The van der Waals surface area contributed by atoms with E-state index in [0.29, 0.717) is 0 Å². The van der Waals surface area contributed by atoms with E-state index < -0.39 is 18.0 Å². The lowest BCUT2D eigenvalue weighted by molar-refractivity contribution is -0.163. The number of hydrogen-bond acceptors (Lipinski definition) is 4. The molecule has 0 saturated carbocycles. The molecule has 0 amide bonds. The summed E-state index contributed by atoms with van der Waals surface area (Å²) in [6.45, 7) is 5.27. The average Bonchev–Trinajstić information content (AvgIpc) is 2.18. The van der Waals surface area contributed by atoms with Crippen LogP contribution < -0.4 is 0 Å². The molecule has 0 aromatic rings.